The van der Waals surface area contributed by atoms with Crippen LogP contribution in [0.15, 0.2) is 36.9 Å². The number of ether oxygens (including phenoxy) is 1. The number of amides is 2. The van der Waals surface area contributed by atoms with Gasteiger partial charge in [0.1, 0.15) is 16.0 Å². The van der Waals surface area contributed by atoms with Gasteiger partial charge in [-0.25, -0.2) is 4.79 Å². The molecule has 1 aliphatic heterocycles. The summed E-state index contributed by atoms with van der Waals surface area (Å²) in [5.41, 5.74) is 1.44. The number of nitrogens with zero attached hydrogens (tertiary/aromatic N) is 1. The number of piperidine rings is 1. The predicted molar refractivity (Wildman–Crippen MR) is 165 cm³/mol. The molecule has 2 amide bonds. The summed E-state index contributed by atoms with van der Waals surface area (Å²) in [6.45, 7) is 10.9. The molecule has 43 heavy (non-hydrogen) atoms. The second kappa shape index (κ2) is 13.1. The Balaban J connectivity index is 1.59. The van der Waals surface area contributed by atoms with Crippen molar-refractivity contribution in [3.63, 3.8) is 0 Å². The Bertz CT molecular complexity index is 1260. The molecular formula is C33H42Cl2N2O6. The average molecular weight is 634 g/mol. The number of hydrogen-bond acceptors (Lipinski definition) is 6. The van der Waals surface area contributed by atoms with Crippen LogP contribution in [0.1, 0.15) is 70.9 Å². The minimum Gasteiger partial charge on any atom is -0.444 e. The predicted octanol–water partition coefficient (Wildman–Crippen LogP) is 5.41. The fourth-order valence-electron chi connectivity index (χ4n) is 6.65. The van der Waals surface area contributed by atoms with Crippen molar-refractivity contribution in [3.05, 3.63) is 48.0 Å². The van der Waals surface area contributed by atoms with Gasteiger partial charge in [0.15, 0.2) is 11.6 Å². The van der Waals surface area contributed by atoms with E-state index in [1.54, 1.807) is 26.8 Å². The van der Waals surface area contributed by atoms with Gasteiger partial charge in [-0.1, -0.05) is 43.7 Å². The third-order valence-electron chi connectivity index (χ3n) is 8.74. The number of rotatable bonds is 13. The van der Waals surface area contributed by atoms with E-state index in [1.165, 1.54) is 4.90 Å². The molecule has 1 saturated heterocycles. The van der Waals surface area contributed by atoms with Crippen molar-refractivity contribution in [2.75, 3.05) is 6.54 Å². The number of benzene rings is 1. The van der Waals surface area contributed by atoms with Crippen molar-refractivity contribution >= 4 is 52.6 Å². The number of fused-ring (bicyclic) bond motifs is 2. The van der Waals surface area contributed by atoms with E-state index in [1.807, 2.05) is 31.2 Å². The molecular weight excluding hydrogens is 591 g/mol. The molecule has 1 aromatic rings. The van der Waals surface area contributed by atoms with E-state index in [-0.39, 0.29) is 37.0 Å². The molecule has 234 valence electrons. The molecule has 1 N–H and O–H groups in total. The Morgan fingerprint density at radius 3 is 2.33 bits per heavy atom. The van der Waals surface area contributed by atoms with Gasteiger partial charge < -0.3 is 15.0 Å². The first kappa shape index (κ1) is 33.2. The number of likely N-dealkylation sites (tertiary alicyclic amines) is 1. The Morgan fingerprint density at radius 2 is 1.77 bits per heavy atom. The second-order valence-corrected chi connectivity index (χ2v) is 14.5. The molecule has 5 atom stereocenters. The highest BCUT2D eigenvalue weighted by atomic mass is 35.5. The number of nitrogens with one attached hydrogen (secondary N) is 1. The zero-order valence-electron chi connectivity index (χ0n) is 25.4. The van der Waals surface area contributed by atoms with Gasteiger partial charge in [0.05, 0.1) is 6.04 Å². The molecule has 4 rings (SSSR count). The monoisotopic (exact) mass is 632 g/mol. The Labute approximate surface area is 263 Å². The number of hydrogen-bond donors (Lipinski definition) is 1. The number of carbonyl (C=O) groups is 5. The van der Waals surface area contributed by atoms with Crippen LogP contribution in [0, 0.1) is 23.7 Å². The molecule has 1 heterocycles. The van der Waals surface area contributed by atoms with Gasteiger partial charge in [0.25, 0.3) is 0 Å². The van der Waals surface area contributed by atoms with Crippen molar-refractivity contribution in [2.45, 2.75) is 94.7 Å². The van der Waals surface area contributed by atoms with Crippen LogP contribution in [0.4, 0.5) is 4.79 Å². The van der Waals surface area contributed by atoms with Crippen molar-refractivity contribution in [2.24, 2.45) is 23.7 Å². The first-order valence-corrected chi connectivity index (χ1v) is 15.9. The summed E-state index contributed by atoms with van der Waals surface area (Å²) in [5.74, 6) is -3.70. The Hall–Kier alpha value is -2.71. The molecule has 8 nitrogen and oxygen atoms in total. The third kappa shape index (κ3) is 7.34. The fourth-order valence-corrected chi connectivity index (χ4v) is 7.47. The van der Waals surface area contributed by atoms with Gasteiger partial charge >= 0.3 is 6.09 Å². The van der Waals surface area contributed by atoms with Crippen molar-refractivity contribution < 1.29 is 28.7 Å². The van der Waals surface area contributed by atoms with Crippen LogP contribution >= 0.6 is 23.2 Å². The molecule has 0 bridgehead atoms. The molecule has 1 unspecified atom stereocenters. The normalized spacial score (nSPS) is 23.5. The van der Waals surface area contributed by atoms with Gasteiger partial charge in [-0.3, -0.25) is 19.2 Å². The third-order valence-corrected chi connectivity index (χ3v) is 9.81. The first-order chi connectivity index (χ1) is 20.2. The topological polar surface area (TPSA) is 110 Å². The molecule has 1 saturated carbocycles. The lowest BCUT2D eigenvalue weighted by Gasteiger charge is -2.35. The van der Waals surface area contributed by atoms with Gasteiger partial charge in [-0.15, -0.1) is 29.8 Å². The molecule has 3 aliphatic rings. The smallest absolute Gasteiger partial charge is 0.408 e. The van der Waals surface area contributed by atoms with E-state index in [0.717, 1.165) is 11.1 Å². The Kier molecular flexibility index (Phi) is 10.1. The fraction of sp³-hybridized carbons (Fsp3) is 0.606. The summed E-state index contributed by atoms with van der Waals surface area (Å²) in [6, 6.07) is 5.99. The highest BCUT2D eigenvalue weighted by Gasteiger charge is 2.73. The highest BCUT2D eigenvalue weighted by Crippen LogP contribution is 2.65. The van der Waals surface area contributed by atoms with E-state index in [9.17, 15) is 24.0 Å². The quantitative estimate of drug-likeness (QED) is 0.177. The molecule has 0 aromatic heterocycles. The van der Waals surface area contributed by atoms with E-state index < -0.39 is 57.4 Å². The number of halogens is 2. The summed E-state index contributed by atoms with van der Waals surface area (Å²) in [6.07, 6.45) is 3.23. The van der Waals surface area contributed by atoms with E-state index >= 15 is 0 Å². The lowest BCUT2D eigenvalue weighted by Crippen LogP contribution is -2.57. The number of alkyl carbamates (subject to hydrolysis) is 1. The van der Waals surface area contributed by atoms with Gasteiger partial charge in [0, 0.05) is 37.1 Å². The van der Waals surface area contributed by atoms with Crippen LogP contribution in [-0.4, -0.2) is 62.8 Å². The maximum atomic E-state index is 14.3. The van der Waals surface area contributed by atoms with Crippen LogP contribution in [-0.2, 0) is 36.8 Å². The summed E-state index contributed by atoms with van der Waals surface area (Å²) in [5, 5.41) is 2.81. The number of allylic oxidation sites excluding steroid dienone is 1. The minimum atomic E-state index is -1.17. The highest BCUT2D eigenvalue weighted by molar-refractivity contribution is 6.51. The average Bonchev–Trinajstić information content (AvgIpc) is 3.30. The van der Waals surface area contributed by atoms with E-state index in [4.69, 9.17) is 27.9 Å². The summed E-state index contributed by atoms with van der Waals surface area (Å²) >= 11 is 13.1. The lowest BCUT2D eigenvalue weighted by molar-refractivity contribution is -0.143. The van der Waals surface area contributed by atoms with Crippen molar-refractivity contribution in [1.82, 2.24) is 10.2 Å². The van der Waals surface area contributed by atoms with Crippen LogP contribution < -0.4 is 5.32 Å². The largest absolute Gasteiger partial charge is 0.444 e. The number of carbonyl (C=O) groups excluding carboxylic acids is 5. The van der Waals surface area contributed by atoms with E-state index in [0.29, 0.717) is 32.1 Å². The molecule has 2 fully saturated rings. The van der Waals surface area contributed by atoms with Gasteiger partial charge in [-0.05, 0) is 63.5 Å². The Morgan fingerprint density at radius 1 is 1.14 bits per heavy atom. The molecule has 1 aromatic carbocycles. The number of Topliss-reactive ketones (excluding diaryl/α,β-unsaturated/α-hetero) is 3. The van der Waals surface area contributed by atoms with Gasteiger partial charge in [-0.2, -0.15) is 0 Å². The van der Waals surface area contributed by atoms with Crippen LogP contribution in [0.5, 0.6) is 0 Å². The van der Waals surface area contributed by atoms with Crippen LogP contribution in [0.25, 0.3) is 0 Å². The SMILES string of the molecule is C=CCCC(=O)C(=O)C(CCC)CC(=O)[C@@H]1[C@@H]2[C@H](CN1C(=O)[C@@H](NC(=O)OC(C)(C)C)C1Cc3ccccc3C1)C2(Cl)Cl. The maximum Gasteiger partial charge on any atom is 0.408 e. The zero-order chi connectivity index (χ0) is 31.7. The molecule has 0 spiro atoms. The lowest BCUT2D eigenvalue weighted by atomic mass is 9.87. The second-order valence-electron chi connectivity index (χ2n) is 13.1. The summed E-state index contributed by atoms with van der Waals surface area (Å²) < 4.78 is 4.34. The minimum absolute atomic E-state index is 0.0454. The first-order valence-electron chi connectivity index (χ1n) is 15.1. The molecule has 10 heteroatoms. The van der Waals surface area contributed by atoms with Gasteiger partial charge in [0.2, 0.25) is 11.7 Å². The van der Waals surface area contributed by atoms with Crippen molar-refractivity contribution in [1.29, 1.82) is 0 Å². The molecule has 0 radical (unpaired) electrons. The van der Waals surface area contributed by atoms with E-state index in [2.05, 4.69) is 11.9 Å². The van der Waals surface area contributed by atoms with Crippen LogP contribution in [0.3, 0.4) is 0 Å². The molecule has 2 aliphatic carbocycles. The standard InChI is InChI=1S/C33H42Cl2N2O6/c1-6-8-14-24(38)29(40)21(11-7-2)17-25(39)28-26-23(33(26,34)35)18-37(28)30(41)27(36-31(42)43-32(3,4)5)22-15-19-12-9-10-13-20(19)16-22/h6,9-10,12-13,21-23,26-28H,1,7-8,11,14-18H2,2-5H3,(H,36,42)/t21?,23-,26-,27-,28+/m0/s1. The summed E-state index contributed by atoms with van der Waals surface area (Å²) in [4.78, 5) is 68.3. The number of alkyl halides is 2. The maximum absolute atomic E-state index is 14.3. The van der Waals surface area contributed by atoms with Crippen molar-refractivity contribution in [3.8, 4) is 0 Å². The van der Waals surface area contributed by atoms with Crippen LogP contribution in [0.2, 0.25) is 0 Å². The zero-order valence-corrected chi connectivity index (χ0v) is 26.9. The number of ketones is 3. The summed E-state index contributed by atoms with van der Waals surface area (Å²) in [7, 11) is 0.